The molecule has 8 aliphatic rings. The van der Waals surface area contributed by atoms with Crippen molar-refractivity contribution in [3.8, 4) is 67.3 Å². The highest BCUT2D eigenvalue weighted by Crippen LogP contribution is 2.62. The first-order chi connectivity index (χ1) is 35.8. The zero-order chi connectivity index (χ0) is 51.8. The van der Waals surface area contributed by atoms with Crippen LogP contribution in [0.3, 0.4) is 0 Å². The molecule has 2 nitrogen and oxygen atoms in total. The van der Waals surface area contributed by atoms with Crippen molar-refractivity contribution < 1.29 is 9.67 Å². The molecule has 6 aromatic carbocycles. The van der Waals surface area contributed by atoms with E-state index < -0.39 is 0 Å². The quantitative estimate of drug-likeness (QED) is 0.139. The van der Waals surface area contributed by atoms with Crippen molar-refractivity contribution in [2.75, 3.05) is 0 Å². The zero-order valence-electron chi connectivity index (χ0n) is 46.7. The highest BCUT2D eigenvalue weighted by molar-refractivity contribution is 5.84. The minimum atomic E-state index is -0.00835. The molecule has 1 heterocycles. The summed E-state index contributed by atoms with van der Waals surface area (Å²) in [6.07, 6.45) is 16.8. The van der Waals surface area contributed by atoms with Crippen molar-refractivity contribution in [1.82, 2.24) is 0 Å². The third-order valence-corrected chi connectivity index (χ3v) is 20.3. The summed E-state index contributed by atoms with van der Waals surface area (Å²) < 4.78 is 2.52. The first-order valence-corrected chi connectivity index (χ1v) is 29.3. The number of hydrogen-bond donors (Lipinski definition) is 0. The Balaban J connectivity index is 1.04. The van der Waals surface area contributed by atoms with Crippen LogP contribution in [0.15, 0.2) is 146 Å². The summed E-state index contributed by atoms with van der Waals surface area (Å²) in [4.78, 5) is 0. The van der Waals surface area contributed by atoms with Crippen molar-refractivity contribution in [3.05, 3.63) is 173 Å². The Morgan fingerprint density at radius 3 is 0.920 bits per heavy atom. The van der Waals surface area contributed by atoms with Gasteiger partial charge in [-0.1, -0.05) is 165 Å². The lowest BCUT2D eigenvalue weighted by Gasteiger charge is -2.57. The van der Waals surface area contributed by atoms with Gasteiger partial charge in [-0.3, -0.25) is 0 Å². The second-order valence-corrected chi connectivity index (χ2v) is 28.8. The highest BCUT2D eigenvalue weighted by Gasteiger charge is 2.53. The molecule has 0 saturated heterocycles. The maximum Gasteiger partial charge on any atom is 0.219 e. The molecule has 8 saturated carbocycles. The zero-order valence-corrected chi connectivity index (χ0v) is 46.7. The Morgan fingerprint density at radius 1 is 0.347 bits per heavy atom. The lowest BCUT2D eigenvalue weighted by molar-refractivity contribution is -0.572. The van der Waals surface area contributed by atoms with Gasteiger partial charge in [-0.2, -0.15) is 4.57 Å². The molecule has 75 heavy (non-hydrogen) atoms. The number of hydrogen-bond acceptors (Lipinski definition) is 1. The van der Waals surface area contributed by atoms with Gasteiger partial charge in [0.1, 0.15) is 0 Å². The molecule has 0 spiro atoms. The molecule has 384 valence electrons. The molecule has 8 aliphatic carbocycles. The summed E-state index contributed by atoms with van der Waals surface area (Å²) in [6, 6.07) is 56.1. The molecule has 0 aliphatic heterocycles. The van der Waals surface area contributed by atoms with Gasteiger partial charge < -0.3 is 5.11 Å². The normalized spacial score (nSPS) is 26.8. The summed E-state index contributed by atoms with van der Waals surface area (Å²) in [5.41, 5.74) is 19.0. The van der Waals surface area contributed by atoms with E-state index in [9.17, 15) is 0 Å². The van der Waals surface area contributed by atoms with Gasteiger partial charge in [0.15, 0.2) is 0 Å². The fraction of sp³-hybridized carbons (Fsp3) is 0.438. The molecule has 0 unspecified atom stereocenters. The minimum absolute atomic E-state index is 0.00835. The lowest BCUT2D eigenvalue weighted by Crippen LogP contribution is -2.48. The van der Waals surface area contributed by atoms with Crippen molar-refractivity contribution >= 4 is 0 Å². The fourth-order valence-corrected chi connectivity index (χ4v) is 17.0. The van der Waals surface area contributed by atoms with E-state index >= 15 is 5.11 Å². The van der Waals surface area contributed by atoms with E-state index in [1.807, 2.05) is 0 Å². The van der Waals surface area contributed by atoms with Gasteiger partial charge in [0, 0.05) is 35.4 Å². The largest absolute Gasteiger partial charge is 0.872 e. The molecule has 7 aromatic rings. The van der Waals surface area contributed by atoms with Crippen LogP contribution in [0.4, 0.5) is 0 Å². The molecule has 2 heteroatoms. The van der Waals surface area contributed by atoms with Crippen LogP contribution < -0.4 is 9.67 Å². The molecule has 8 bridgehead atoms. The average Bonchev–Trinajstić information content (AvgIpc) is 3.37. The monoisotopic (exact) mass is 988 g/mol. The Hall–Kier alpha value is -5.73. The molecular formula is C73H81NO. The predicted molar refractivity (Wildman–Crippen MR) is 310 cm³/mol. The summed E-state index contributed by atoms with van der Waals surface area (Å²) in [5, 5.41) is 15.4. The topological polar surface area (TPSA) is 26.9 Å². The van der Waals surface area contributed by atoms with E-state index in [1.54, 1.807) is 11.1 Å². The first kappa shape index (κ1) is 48.9. The van der Waals surface area contributed by atoms with Crippen LogP contribution >= 0.6 is 0 Å². The molecular weight excluding hydrogens is 907 g/mol. The SMILES string of the molecule is CC(C)(C)c1ccc(-c2cc(-c3ccc(C45CC6CC(CC(C6)C4)C5)cc3)[n+](-c3cc(-c4ccc(C(C)(C)C)cc4)c([O-])c(-c4ccc(C(C)(C)C)cc4)c3)c(-c3ccc(C45CC6CC(CC(C6)C4)C5)cc3)c2)cc1. The van der Waals surface area contributed by atoms with Crippen LogP contribution in [0.25, 0.3) is 61.6 Å². The molecule has 15 rings (SSSR count). The third kappa shape index (κ3) is 8.83. The number of pyridine rings is 1. The summed E-state index contributed by atoms with van der Waals surface area (Å²) in [6.45, 7) is 20.5. The Labute approximate surface area is 450 Å². The smallest absolute Gasteiger partial charge is 0.219 e. The second kappa shape index (κ2) is 17.7. The fourth-order valence-electron chi connectivity index (χ4n) is 17.0. The number of aromatic nitrogens is 1. The predicted octanol–water partition coefficient (Wildman–Crippen LogP) is 18.2. The van der Waals surface area contributed by atoms with Crippen molar-refractivity contribution in [2.45, 2.75) is 166 Å². The molecule has 0 amide bonds. The third-order valence-electron chi connectivity index (χ3n) is 20.3. The standard InChI is InChI=1S/C73H81NO/c1-69(2,3)58-20-10-52(11-21-58)57-36-66(55-16-26-61(27-17-55)72-40-46-30-47(41-72)32-48(31-46)42-72)74(67(37-57)56-18-28-62(29-19-56)73-43-49-33-50(44-73)35-51(34-49)45-73)63-38-64(53-12-22-59(23-13-53)70(4,5)6)68(75)65(39-63)54-14-24-60(25-15-54)71(7,8)9/h10-29,36-39,46-51H,30-35,40-45H2,1-9H3. The Bertz CT molecular complexity index is 3020. The van der Waals surface area contributed by atoms with E-state index in [0.717, 1.165) is 74.8 Å². The molecule has 8 fully saturated rings. The first-order valence-electron chi connectivity index (χ1n) is 29.3. The summed E-state index contributed by atoms with van der Waals surface area (Å²) in [7, 11) is 0. The van der Waals surface area contributed by atoms with Gasteiger partial charge in [0.25, 0.3) is 0 Å². The van der Waals surface area contributed by atoms with Crippen LogP contribution in [0.2, 0.25) is 0 Å². The maximum absolute atomic E-state index is 15.4. The van der Waals surface area contributed by atoms with E-state index in [0.29, 0.717) is 10.8 Å². The molecule has 0 radical (unpaired) electrons. The van der Waals surface area contributed by atoms with Gasteiger partial charge in [-0.25, -0.2) is 0 Å². The van der Waals surface area contributed by atoms with Crippen LogP contribution in [0.1, 0.15) is 167 Å². The minimum Gasteiger partial charge on any atom is -0.872 e. The van der Waals surface area contributed by atoms with Crippen LogP contribution in [-0.2, 0) is 27.1 Å². The van der Waals surface area contributed by atoms with Gasteiger partial charge >= 0.3 is 0 Å². The number of rotatable bonds is 8. The molecule has 1 aromatic heterocycles. The van der Waals surface area contributed by atoms with E-state index in [-0.39, 0.29) is 22.0 Å². The maximum atomic E-state index is 15.4. The van der Waals surface area contributed by atoms with E-state index in [2.05, 4.69) is 212 Å². The Morgan fingerprint density at radius 2 is 0.627 bits per heavy atom. The molecule has 0 atom stereocenters. The van der Waals surface area contributed by atoms with Crippen molar-refractivity contribution in [2.24, 2.45) is 35.5 Å². The summed E-state index contributed by atoms with van der Waals surface area (Å²) in [5.74, 6) is 5.38. The van der Waals surface area contributed by atoms with Crippen molar-refractivity contribution in [1.29, 1.82) is 0 Å². The van der Waals surface area contributed by atoms with Gasteiger partial charge in [0.05, 0.1) is 0 Å². The second-order valence-electron chi connectivity index (χ2n) is 28.8. The number of nitrogens with zero attached hydrogens (tertiary/aromatic N) is 1. The van der Waals surface area contributed by atoms with E-state index in [4.69, 9.17) is 0 Å². The van der Waals surface area contributed by atoms with Crippen LogP contribution in [-0.4, -0.2) is 0 Å². The number of benzene rings is 6. The van der Waals surface area contributed by atoms with Crippen molar-refractivity contribution in [3.63, 3.8) is 0 Å². The lowest BCUT2D eigenvalue weighted by atomic mass is 9.48. The van der Waals surface area contributed by atoms with Gasteiger partial charge in [-0.05, 0) is 225 Å². The van der Waals surface area contributed by atoms with E-state index in [1.165, 1.54) is 116 Å². The van der Waals surface area contributed by atoms with Crippen LogP contribution in [0, 0.1) is 35.5 Å². The van der Waals surface area contributed by atoms with Gasteiger partial charge in [0.2, 0.25) is 17.1 Å². The average molecular weight is 988 g/mol. The van der Waals surface area contributed by atoms with Crippen LogP contribution in [0.5, 0.6) is 5.75 Å². The Kier molecular flexibility index (Phi) is 11.5. The van der Waals surface area contributed by atoms with Gasteiger partial charge in [-0.15, -0.1) is 0 Å². The summed E-state index contributed by atoms with van der Waals surface area (Å²) >= 11 is 0. The molecule has 0 N–H and O–H groups in total. The highest BCUT2D eigenvalue weighted by atomic mass is 16.3.